The van der Waals surface area contributed by atoms with Crippen molar-refractivity contribution in [3.05, 3.63) is 65.7 Å². The van der Waals surface area contributed by atoms with Crippen LogP contribution in [-0.4, -0.2) is 57.1 Å². The molecule has 1 N–H and O–H groups in total. The van der Waals surface area contributed by atoms with Crippen LogP contribution in [0, 0.1) is 12.7 Å². The van der Waals surface area contributed by atoms with Crippen LogP contribution in [0.4, 0.5) is 15.9 Å². The van der Waals surface area contributed by atoms with Gasteiger partial charge in [0.15, 0.2) is 17.3 Å². The summed E-state index contributed by atoms with van der Waals surface area (Å²) in [5.74, 6) is 1.04. The molecule has 1 aliphatic rings. The Morgan fingerprint density at radius 3 is 2.30 bits per heavy atom. The molecule has 5 rings (SSSR count). The molecule has 0 amide bonds. The lowest BCUT2D eigenvalue weighted by Crippen LogP contribution is -2.46. The number of likely N-dealkylation sites (N-methyl/N-ethyl adjacent to an activating group) is 1. The van der Waals surface area contributed by atoms with E-state index in [1.54, 1.807) is 12.4 Å². The fraction of sp³-hybridized carbons (Fsp3) is 0.414. The maximum Gasteiger partial charge on any atom is 0.183 e. The molecule has 0 atom stereocenters. The number of fused-ring (bicyclic) bond motifs is 1. The van der Waals surface area contributed by atoms with Crippen LogP contribution in [0.15, 0.2) is 48.8 Å². The van der Waals surface area contributed by atoms with E-state index in [0.717, 1.165) is 55.9 Å². The first-order chi connectivity index (χ1) is 18.1. The van der Waals surface area contributed by atoms with Gasteiger partial charge in [0.05, 0.1) is 6.33 Å². The molecule has 3 heterocycles. The van der Waals surface area contributed by atoms with Crippen molar-refractivity contribution in [2.24, 2.45) is 0 Å². The number of nitrogens with one attached hydrogen (secondary N) is 1. The molecule has 0 radical (unpaired) electrons. The summed E-state index contributed by atoms with van der Waals surface area (Å²) in [6.07, 6.45) is 1.78. The van der Waals surface area contributed by atoms with Crippen LogP contribution in [0.1, 0.15) is 38.8 Å². The van der Waals surface area contributed by atoms with E-state index in [1.807, 2.05) is 37.5 Å². The maximum atomic E-state index is 14.4. The van der Waals surface area contributed by atoms with Crippen molar-refractivity contribution >= 4 is 22.7 Å². The van der Waals surface area contributed by atoms with Gasteiger partial charge in [-0.3, -0.25) is 0 Å². The van der Waals surface area contributed by atoms with E-state index in [1.165, 1.54) is 5.69 Å². The van der Waals surface area contributed by atoms with E-state index in [2.05, 4.69) is 58.2 Å². The van der Waals surface area contributed by atoms with E-state index < -0.39 is 0 Å². The Bertz CT molecular complexity index is 1310. The van der Waals surface area contributed by atoms with Crippen LogP contribution >= 0.6 is 0 Å². The van der Waals surface area contributed by atoms with Crippen LogP contribution in [0.25, 0.3) is 22.6 Å². The summed E-state index contributed by atoms with van der Waals surface area (Å²) in [6.45, 7) is 16.6. The summed E-state index contributed by atoms with van der Waals surface area (Å²) in [5.41, 5.74) is 5.10. The Kier molecular flexibility index (Phi) is 8.71. The minimum Gasteiger partial charge on any atom is -0.369 e. The number of piperazine rings is 1. The van der Waals surface area contributed by atoms with Crippen molar-refractivity contribution in [1.82, 2.24) is 24.4 Å². The first kappa shape index (κ1) is 26.5. The van der Waals surface area contributed by atoms with Gasteiger partial charge in [0.2, 0.25) is 0 Å². The highest BCUT2D eigenvalue weighted by atomic mass is 19.1. The molecule has 1 saturated heterocycles. The zero-order chi connectivity index (χ0) is 26.4. The topological polar surface area (TPSA) is 62.1 Å². The van der Waals surface area contributed by atoms with Crippen molar-refractivity contribution in [1.29, 1.82) is 0 Å². The number of halogens is 1. The largest absolute Gasteiger partial charge is 0.369 e. The number of rotatable bonds is 7. The molecule has 7 nitrogen and oxygen atoms in total. The molecule has 37 heavy (non-hydrogen) atoms. The third kappa shape index (κ3) is 5.91. The first-order valence-electron chi connectivity index (χ1n) is 13.3. The second-order valence-corrected chi connectivity index (χ2v) is 9.02. The Labute approximate surface area is 219 Å². The van der Waals surface area contributed by atoms with Crippen LogP contribution in [0.3, 0.4) is 0 Å². The second-order valence-electron chi connectivity index (χ2n) is 9.02. The predicted octanol–water partition coefficient (Wildman–Crippen LogP) is 5.74. The highest BCUT2D eigenvalue weighted by molar-refractivity contribution is 5.85. The minimum absolute atomic E-state index is 0.220. The van der Waals surface area contributed by atoms with E-state index >= 15 is 0 Å². The second kappa shape index (κ2) is 12.1. The number of nitrogens with zero attached hydrogens (tertiary/aromatic N) is 6. The minimum atomic E-state index is -0.220. The molecule has 4 aromatic rings. The fourth-order valence-electron chi connectivity index (χ4n) is 4.59. The van der Waals surface area contributed by atoms with Crippen molar-refractivity contribution in [2.45, 2.75) is 47.7 Å². The third-order valence-corrected chi connectivity index (χ3v) is 6.78. The lowest BCUT2D eigenvalue weighted by Gasteiger charge is -2.35. The van der Waals surface area contributed by atoms with Gasteiger partial charge in [0, 0.05) is 56.1 Å². The standard InChI is InChI=1S/C27H32FN7.C2H6/c1-4-33-12-14-35(15-13-33)22-10-8-20(9-11-22)25-31-26(24-27(32-25)30-18-34(24)5-2)29-17-21-7-6-19(3)16-23(21)28;1-2/h6-11,16,18H,4-5,12-15,17H2,1-3H3,(H,29,31,32);1-2H3. The van der Waals surface area contributed by atoms with Gasteiger partial charge in [-0.25, -0.2) is 19.3 Å². The average molecular weight is 504 g/mol. The molecule has 8 heteroatoms. The van der Waals surface area contributed by atoms with E-state index in [-0.39, 0.29) is 5.82 Å². The summed E-state index contributed by atoms with van der Waals surface area (Å²) in [6, 6.07) is 13.7. The molecule has 1 fully saturated rings. The quantitative estimate of drug-likeness (QED) is 0.347. The lowest BCUT2D eigenvalue weighted by molar-refractivity contribution is 0.271. The molecule has 0 spiro atoms. The Morgan fingerprint density at radius 2 is 1.65 bits per heavy atom. The normalized spacial score (nSPS) is 13.9. The zero-order valence-electron chi connectivity index (χ0n) is 22.6. The van der Waals surface area contributed by atoms with Gasteiger partial charge < -0.3 is 19.7 Å². The summed E-state index contributed by atoms with van der Waals surface area (Å²) < 4.78 is 16.4. The molecule has 0 unspecified atom stereocenters. The van der Waals surface area contributed by atoms with Gasteiger partial charge in [0.25, 0.3) is 0 Å². The summed E-state index contributed by atoms with van der Waals surface area (Å²) in [7, 11) is 0. The molecular formula is C29H38FN7. The lowest BCUT2D eigenvalue weighted by atomic mass is 10.1. The van der Waals surface area contributed by atoms with Crippen LogP contribution in [0.5, 0.6) is 0 Å². The monoisotopic (exact) mass is 503 g/mol. The van der Waals surface area contributed by atoms with E-state index in [9.17, 15) is 4.39 Å². The van der Waals surface area contributed by atoms with Gasteiger partial charge in [0.1, 0.15) is 11.3 Å². The average Bonchev–Trinajstić information content (AvgIpc) is 3.37. The Balaban J connectivity index is 0.00000156. The smallest absolute Gasteiger partial charge is 0.183 e. The number of imidazole rings is 1. The molecular weight excluding hydrogens is 465 g/mol. The molecule has 0 aliphatic carbocycles. The summed E-state index contributed by atoms with van der Waals surface area (Å²) in [4.78, 5) is 19.0. The molecule has 196 valence electrons. The van der Waals surface area contributed by atoms with E-state index in [0.29, 0.717) is 29.4 Å². The van der Waals surface area contributed by atoms with Crippen molar-refractivity contribution in [2.75, 3.05) is 42.9 Å². The molecule has 0 bridgehead atoms. The SMILES string of the molecule is CC.CCN1CCN(c2ccc(-c3nc(NCc4ccc(C)cc4F)c4c(ncn4CC)n3)cc2)CC1. The van der Waals surface area contributed by atoms with Crippen LogP contribution in [-0.2, 0) is 13.1 Å². The summed E-state index contributed by atoms with van der Waals surface area (Å²) in [5, 5.41) is 3.34. The van der Waals surface area contributed by atoms with Crippen molar-refractivity contribution in [3.8, 4) is 11.4 Å². The zero-order valence-corrected chi connectivity index (χ0v) is 22.6. The van der Waals surface area contributed by atoms with Gasteiger partial charge in [-0.2, -0.15) is 0 Å². The number of aromatic nitrogens is 4. The maximum absolute atomic E-state index is 14.4. The predicted molar refractivity (Wildman–Crippen MR) is 151 cm³/mol. The fourth-order valence-corrected chi connectivity index (χ4v) is 4.59. The molecule has 0 saturated carbocycles. The highest BCUT2D eigenvalue weighted by Crippen LogP contribution is 2.27. The highest BCUT2D eigenvalue weighted by Gasteiger charge is 2.18. The van der Waals surface area contributed by atoms with Crippen LogP contribution in [0.2, 0.25) is 0 Å². The number of hydrogen-bond acceptors (Lipinski definition) is 6. The van der Waals surface area contributed by atoms with E-state index in [4.69, 9.17) is 9.97 Å². The van der Waals surface area contributed by atoms with Gasteiger partial charge in [-0.05, 0) is 56.3 Å². The Hall–Kier alpha value is -3.52. The number of anilines is 2. The number of benzene rings is 2. The molecule has 2 aromatic carbocycles. The third-order valence-electron chi connectivity index (χ3n) is 6.78. The number of hydrogen-bond donors (Lipinski definition) is 1. The number of aryl methyl sites for hydroxylation is 2. The van der Waals surface area contributed by atoms with Gasteiger partial charge in [-0.15, -0.1) is 0 Å². The summed E-state index contributed by atoms with van der Waals surface area (Å²) >= 11 is 0. The molecule has 2 aromatic heterocycles. The molecule has 1 aliphatic heterocycles. The Morgan fingerprint density at radius 1 is 0.919 bits per heavy atom. The van der Waals surface area contributed by atoms with Gasteiger partial charge in [-0.1, -0.05) is 32.9 Å². The first-order valence-corrected chi connectivity index (χ1v) is 13.3. The van der Waals surface area contributed by atoms with Crippen molar-refractivity contribution < 1.29 is 4.39 Å². The van der Waals surface area contributed by atoms with Crippen LogP contribution < -0.4 is 10.2 Å². The van der Waals surface area contributed by atoms with Crippen molar-refractivity contribution in [3.63, 3.8) is 0 Å². The van der Waals surface area contributed by atoms with Gasteiger partial charge >= 0.3 is 0 Å².